The van der Waals surface area contributed by atoms with Gasteiger partial charge in [-0.1, -0.05) is 30.3 Å². The summed E-state index contributed by atoms with van der Waals surface area (Å²) in [6.07, 6.45) is 3.58. The summed E-state index contributed by atoms with van der Waals surface area (Å²) >= 11 is 0. The Balaban J connectivity index is 2.02. The fourth-order valence-corrected chi connectivity index (χ4v) is 2.31. The molecule has 1 heterocycles. The van der Waals surface area contributed by atoms with Gasteiger partial charge in [-0.3, -0.25) is 0 Å². The van der Waals surface area contributed by atoms with Gasteiger partial charge in [-0.05, 0) is 30.4 Å². The Morgan fingerprint density at radius 2 is 1.85 bits per heavy atom. The maximum absolute atomic E-state index is 13.3. The predicted octanol–water partition coefficient (Wildman–Crippen LogP) is 4.19. The van der Waals surface area contributed by atoms with Crippen molar-refractivity contribution < 1.29 is 9.50 Å². The third-order valence-corrected chi connectivity index (χ3v) is 3.44. The van der Waals surface area contributed by atoms with E-state index in [1.807, 2.05) is 37.4 Å². The largest absolute Gasteiger partial charge is 0.504 e. The van der Waals surface area contributed by atoms with Crippen LogP contribution in [0, 0.1) is 5.82 Å². The van der Waals surface area contributed by atoms with Crippen LogP contribution in [0.1, 0.15) is 11.3 Å². The molecular formula is C17H14FNO. The molecule has 0 radical (unpaired) electrons. The van der Waals surface area contributed by atoms with Gasteiger partial charge < -0.3 is 9.67 Å². The molecular weight excluding hydrogens is 253 g/mol. The minimum Gasteiger partial charge on any atom is -0.504 e. The zero-order chi connectivity index (χ0) is 14.1. The van der Waals surface area contributed by atoms with Crippen molar-refractivity contribution in [1.82, 2.24) is 4.57 Å². The lowest BCUT2D eigenvalue weighted by Gasteiger charge is -2.01. The first kappa shape index (κ1) is 12.5. The zero-order valence-electron chi connectivity index (χ0n) is 11.0. The Morgan fingerprint density at radius 1 is 1.05 bits per heavy atom. The second-order valence-corrected chi connectivity index (χ2v) is 4.70. The topological polar surface area (TPSA) is 25.2 Å². The molecule has 0 bridgehead atoms. The van der Waals surface area contributed by atoms with Gasteiger partial charge in [0.2, 0.25) is 0 Å². The minimum atomic E-state index is -0.607. The summed E-state index contributed by atoms with van der Waals surface area (Å²) in [6.45, 7) is 0. The average molecular weight is 267 g/mol. The van der Waals surface area contributed by atoms with Crippen LogP contribution in [0.3, 0.4) is 0 Å². The molecule has 20 heavy (non-hydrogen) atoms. The number of benzene rings is 2. The van der Waals surface area contributed by atoms with Gasteiger partial charge in [0.15, 0.2) is 11.6 Å². The van der Waals surface area contributed by atoms with Crippen molar-refractivity contribution in [2.24, 2.45) is 7.05 Å². The molecule has 0 amide bonds. The van der Waals surface area contributed by atoms with E-state index in [-0.39, 0.29) is 5.75 Å². The van der Waals surface area contributed by atoms with E-state index in [2.05, 4.69) is 10.6 Å². The number of nitrogens with zero attached hydrogens (tertiary/aromatic N) is 1. The number of aryl methyl sites for hydroxylation is 1. The predicted molar refractivity (Wildman–Crippen MR) is 79.9 cm³/mol. The lowest BCUT2D eigenvalue weighted by Crippen LogP contribution is -1.89. The molecule has 0 aliphatic rings. The molecule has 0 spiro atoms. The number of hydrogen-bond donors (Lipinski definition) is 1. The molecule has 0 aliphatic carbocycles. The first-order valence-corrected chi connectivity index (χ1v) is 6.37. The summed E-state index contributed by atoms with van der Waals surface area (Å²) in [5.74, 6) is -0.924. The first-order chi connectivity index (χ1) is 9.66. The average Bonchev–Trinajstić information content (AvgIpc) is 2.78. The number of phenols is 1. The number of aromatic hydroxyl groups is 1. The highest BCUT2D eigenvalue weighted by Gasteiger charge is 2.05. The number of para-hydroxylation sites is 2. The third kappa shape index (κ3) is 2.07. The van der Waals surface area contributed by atoms with Crippen molar-refractivity contribution in [2.75, 3.05) is 0 Å². The molecule has 0 saturated heterocycles. The molecule has 0 saturated carbocycles. The van der Waals surface area contributed by atoms with E-state index in [0.717, 1.165) is 16.6 Å². The van der Waals surface area contributed by atoms with E-state index in [1.54, 1.807) is 18.2 Å². The van der Waals surface area contributed by atoms with Crippen LogP contribution in [-0.2, 0) is 7.05 Å². The molecule has 3 aromatic rings. The quantitative estimate of drug-likeness (QED) is 0.739. The lowest BCUT2D eigenvalue weighted by molar-refractivity contribution is 0.431. The summed E-state index contributed by atoms with van der Waals surface area (Å²) in [6, 6.07) is 14.6. The van der Waals surface area contributed by atoms with E-state index in [1.165, 1.54) is 6.07 Å². The Bertz CT molecular complexity index is 802. The van der Waals surface area contributed by atoms with Crippen LogP contribution in [-0.4, -0.2) is 9.67 Å². The fraction of sp³-hybridized carbons (Fsp3) is 0.0588. The van der Waals surface area contributed by atoms with Crippen molar-refractivity contribution in [1.29, 1.82) is 0 Å². The monoisotopic (exact) mass is 267 g/mol. The van der Waals surface area contributed by atoms with Crippen LogP contribution in [0.4, 0.5) is 4.39 Å². The maximum atomic E-state index is 13.3. The summed E-state index contributed by atoms with van der Waals surface area (Å²) < 4.78 is 15.3. The van der Waals surface area contributed by atoms with Crippen molar-refractivity contribution in [3.63, 3.8) is 0 Å². The highest BCUT2D eigenvalue weighted by molar-refractivity contribution is 5.85. The van der Waals surface area contributed by atoms with E-state index in [4.69, 9.17) is 0 Å². The number of aromatic nitrogens is 1. The Kier molecular flexibility index (Phi) is 3.03. The standard InChI is InChI=1S/C17H14FNO/c1-19-14(11-13-5-2-3-8-16(13)19)10-9-12-6-4-7-15(18)17(12)20/h2-11,20H,1H3/b10-9+. The molecule has 0 aliphatic heterocycles. The second kappa shape index (κ2) is 4.85. The molecule has 0 atom stereocenters. The smallest absolute Gasteiger partial charge is 0.165 e. The van der Waals surface area contributed by atoms with E-state index in [9.17, 15) is 9.50 Å². The van der Waals surface area contributed by atoms with Gasteiger partial charge in [-0.15, -0.1) is 0 Å². The number of rotatable bonds is 2. The molecule has 100 valence electrons. The van der Waals surface area contributed by atoms with Gasteiger partial charge in [0.1, 0.15) is 0 Å². The zero-order valence-corrected chi connectivity index (χ0v) is 11.0. The third-order valence-electron chi connectivity index (χ3n) is 3.44. The summed E-state index contributed by atoms with van der Waals surface area (Å²) in [4.78, 5) is 0. The highest BCUT2D eigenvalue weighted by atomic mass is 19.1. The van der Waals surface area contributed by atoms with Crippen molar-refractivity contribution >= 4 is 23.1 Å². The van der Waals surface area contributed by atoms with Crippen LogP contribution < -0.4 is 0 Å². The van der Waals surface area contributed by atoms with Gasteiger partial charge in [-0.2, -0.15) is 0 Å². The molecule has 2 nitrogen and oxygen atoms in total. The molecule has 1 aromatic heterocycles. The minimum absolute atomic E-state index is 0.317. The van der Waals surface area contributed by atoms with Gasteiger partial charge in [-0.25, -0.2) is 4.39 Å². The number of halogens is 1. The fourth-order valence-electron chi connectivity index (χ4n) is 2.31. The molecule has 3 heteroatoms. The normalized spacial score (nSPS) is 11.5. The molecule has 0 fully saturated rings. The van der Waals surface area contributed by atoms with E-state index in [0.29, 0.717) is 5.56 Å². The van der Waals surface area contributed by atoms with Crippen LogP contribution in [0.25, 0.3) is 23.1 Å². The van der Waals surface area contributed by atoms with Crippen LogP contribution in [0.15, 0.2) is 48.5 Å². The Labute approximate surface area is 116 Å². The number of fused-ring (bicyclic) bond motifs is 1. The SMILES string of the molecule is Cn1c(/C=C/c2cccc(F)c2O)cc2ccccc21. The molecule has 2 aromatic carbocycles. The Morgan fingerprint density at radius 3 is 2.65 bits per heavy atom. The van der Waals surface area contributed by atoms with Gasteiger partial charge in [0, 0.05) is 29.2 Å². The van der Waals surface area contributed by atoms with Crippen molar-refractivity contribution in [2.45, 2.75) is 0 Å². The first-order valence-electron chi connectivity index (χ1n) is 6.37. The second-order valence-electron chi connectivity index (χ2n) is 4.70. The molecule has 0 unspecified atom stereocenters. The van der Waals surface area contributed by atoms with E-state index >= 15 is 0 Å². The van der Waals surface area contributed by atoms with Crippen molar-refractivity contribution in [3.8, 4) is 5.75 Å². The number of phenolic OH excluding ortho intramolecular Hbond substituents is 1. The summed E-state index contributed by atoms with van der Waals surface area (Å²) in [5.41, 5.74) is 2.60. The van der Waals surface area contributed by atoms with Crippen LogP contribution >= 0.6 is 0 Å². The number of hydrogen-bond acceptors (Lipinski definition) is 1. The summed E-state index contributed by atoms with van der Waals surface area (Å²) in [5, 5.41) is 10.8. The molecule has 3 rings (SSSR count). The van der Waals surface area contributed by atoms with Gasteiger partial charge in [0.05, 0.1) is 0 Å². The highest BCUT2D eigenvalue weighted by Crippen LogP contribution is 2.24. The van der Waals surface area contributed by atoms with Crippen LogP contribution in [0.2, 0.25) is 0 Å². The Hall–Kier alpha value is -2.55. The van der Waals surface area contributed by atoms with Crippen molar-refractivity contribution in [3.05, 3.63) is 65.6 Å². The van der Waals surface area contributed by atoms with Gasteiger partial charge >= 0.3 is 0 Å². The van der Waals surface area contributed by atoms with Gasteiger partial charge in [0.25, 0.3) is 0 Å². The van der Waals surface area contributed by atoms with Crippen LogP contribution in [0.5, 0.6) is 5.75 Å². The maximum Gasteiger partial charge on any atom is 0.165 e. The van der Waals surface area contributed by atoms with E-state index < -0.39 is 5.82 Å². The molecule has 1 N–H and O–H groups in total. The summed E-state index contributed by atoms with van der Waals surface area (Å²) in [7, 11) is 1.98. The lowest BCUT2D eigenvalue weighted by atomic mass is 10.1.